The number of hydrogen-bond donors (Lipinski definition) is 3. The van der Waals surface area contributed by atoms with Crippen LogP contribution in [-0.4, -0.2) is 70.2 Å². The number of carbonyl (C=O) groups excluding carboxylic acids is 1. The first kappa shape index (κ1) is 30.9. The molecule has 0 atom stereocenters. The number of amides is 2. The van der Waals surface area contributed by atoms with Gasteiger partial charge in [0.15, 0.2) is 5.65 Å². The summed E-state index contributed by atoms with van der Waals surface area (Å²) in [4.78, 5) is 25.7. The summed E-state index contributed by atoms with van der Waals surface area (Å²) in [6.07, 6.45) is -2.92. The number of nitrogens with one attached hydrogen (secondary N) is 3. The van der Waals surface area contributed by atoms with E-state index in [4.69, 9.17) is 9.84 Å². The maximum atomic E-state index is 13.9. The van der Waals surface area contributed by atoms with Crippen LogP contribution in [0.1, 0.15) is 16.8 Å². The molecule has 2 aromatic heterocycles. The summed E-state index contributed by atoms with van der Waals surface area (Å²) in [5, 5.41) is 10.2. The van der Waals surface area contributed by atoms with E-state index >= 15 is 0 Å². The zero-order valence-electron chi connectivity index (χ0n) is 24.5. The molecule has 1 aliphatic rings. The molecular weight excluding hydrogens is 604 g/mol. The summed E-state index contributed by atoms with van der Waals surface area (Å²) < 4.78 is 59.5. The number of morpholine rings is 1. The Morgan fingerprint density at radius 3 is 2.41 bits per heavy atom. The average molecular weight is 635 g/mol. The lowest BCUT2D eigenvalue weighted by Gasteiger charge is -2.26. The van der Waals surface area contributed by atoms with Gasteiger partial charge in [0, 0.05) is 43.9 Å². The Bertz CT molecular complexity index is 1810. The van der Waals surface area contributed by atoms with Gasteiger partial charge in [-0.05, 0) is 29.8 Å². The van der Waals surface area contributed by atoms with Crippen LogP contribution in [0, 0.1) is 5.82 Å². The first-order chi connectivity index (χ1) is 22.3. The van der Waals surface area contributed by atoms with E-state index in [-0.39, 0.29) is 0 Å². The predicted molar refractivity (Wildman–Crippen MR) is 166 cm³/mol. The van der Waals surface area contributed by atoms with Crippen molar-refractivity contribution < 1.29 is 27.1 Å². The van der Waals surface area contributed by atoms with E-state index in [9.17, 15) is 22.4 Å². The molecule has 0 radical (unpaired) electrons. The number of halogens is 4. The molecule has 0 unspecified atom stereocenters. The first-order valence-electron chi connectivity index (χ1n) is 14.6. The second-order valence-electron chi connectivity index (χ2n) is 10.6. The highest BCUT2D eigenvalue weighted by Crippen LogP contribution is 2.37. The van der Waals surface area contributed by atoms with Crippen molar-refractivity contribution in [2.45, 2.75) is 12.6 Å². The minimum Gasteiger partial charge on any atom is -0.379 e. The fourth-order valence-electron chi connectivity index (χ4n) is 5.30. The summed E-state index contributed by atoms with van der Waals surface area (Å²) >= 11 is 0. The molecule has 3 aromatic carbocycles. The Hall–Kier alpha value is -5.08. The van der Waals surface area contributed by atoms with Crippen LogP contribution in [-0.2, 0) is 17.3 Å². The molecule has 0 bridgehead atoms. The summed E-state index contributed by atoms with van der Waals surface area (Å²) in [7, 11) is 0. The van der Waals surface area contributed by atoms with Crippen molar-refractivity contribution in [3.63, 3.8) is 0 Å². The molecule has 6 rings (SSSR count). The van der Waals surface area contributed by atoms with Crippen molar-refractivity contribution in [3.8, 4) is 11.3 Å². The Morgan fingerprint density at radius 2 is 1.67 bits per heavy atom. The Labute approximate surface area is 261 Å². The largest absolute Gasteiger partial charge is 0.421 e. The third-order valence-corrected chi connectivity index (χ3v) is 7.51. The van der Waals surface area contributed by atoms with Gasteiger partial charge in [-0.25, -0.2) is 19.2 Å². The smallest absolute Gasteiger partial charge is 0.379 e. The van der Waals surface area contributed by atoms with Gasteiger partial charge < -0.3 is 20.8 Å². The molecular formula is C32H30F4N8O2. The van der Waals surface area contributed by atoms with Crippen LogP contribution in [0.4, 0.5) is 33.7 Å². The van der Waals surface area contributed by atoms with E-state index in [1.165, 1.54) is 6.33 Å². The topological polar surface area (TPSA) is 109 Å². The van der Waals surface area contributed by atoms with Crippen LogP contribution >= 0.6 is 0 Å². The van der Waals surface area contributed by atoms with Gasteiger partial charge in [0.25, 0.3) is 0 Å². The molecule has 14 heteroatoms. The molecule has 238 valence electrons. The maximum Gasteiger partial charge on any atom is 0.421 e. The van der Waals surface area contributed by atoms with Gasteiger partial charge >= 0.3 is 12.2 Å². The number of nitrogens with zero attached hydrogens (tertiary/aromatic N) is 5. The van der Waals surface area contributed by atoms with Crippen molar-refractivity contribution in [1.82, 2.24) is 24.8 Å². The summed E-state index contributed by atoms with van der Waals surface area (Å²) in [5.41, 5.74) is 5.21. The number of ether oxygens (including phenoxy) is 1. The summed E-state index contributed by atoms with van der Waals surface area (Å²) in [6, 6.07) is 18.4. The quantitative estimate of drug-likeness (QED) is 0.177. The van der Waals surface area contributed by atoms with Crippen LogP contribution in [0.15, 0.2) is 79.1 Å². The Morgan fingerprint density at radius 1 is 0.913 bits per heavy atom. The summed E-state index contributed by atoms with van der Waals surface area (Å²) in [5.74, 6) is -1.48. The second kappa shape index (κ2) is 13.5. The highest BCUT2D eigenvalue weighted by Gasteiger charge is 2.37. The highest BCUT2D eigenvalue weighted by molar-refractivity contribution is 6.00. The lowest BCUT2D eigenvalue weighted by molar-refractivity contribution is -0.139. The Balaban J connectivity index is 1.25. The number of aromatic nitrogens is 4. The second-order valence-corrected chi connectivity index (χ2v) is 10.6. The predicted octanol–water partition coefficient (Wildman–Crippen LogP) is 5.76. The van der Waals surface area contributed by atoms with E-state index in [1.54, 1.807) is 29.1 Å². The van der Waals surface area contributed by atoms with Gasteiger partial charge in [0.1, 0.15) is 23.4 Å². The lowest BCUT2D eigenvalue weighted by atomic mass is 10.0. The van der Waals surface area contributed by atoms with E-state index in [0.29, 0.717) is 54.8 Å². The minimum atomic E-state index is -4.98. The molecule has 2 amide bonds. The van der Waals surface area contributed by atoms with Crippen LogP contribution in [0.5, 0.6) is 0 Å². The van der Waals surface area contributed by atoms with Gasteiger partial charge in [-0.3, -0.25) is 4.90 Å². The van der Waals surface area contributed by atoms with Gasteiger partial charge in [-0.1, -0.05) is 48.5 Å². The monoisotopic (exact) mass is 634 g/mol. The number of carbonyl (C=O) groups is 1. The number of hydrogen-bond acceptors (Lipinski definition) is 7. The number of fused-ring (bicyclic) bond motifs is 1. The number of alkyl halides is 3. The fraction of sp³-hybridized carbons (Fsp3) is 0.250. The molecule has 5 aromatic rings. The zero-order chi connectivity index (χ0) is 32.1. The molecule has 0 aliphatic carbocycles. The van der Waals surface area contributed by atoms with Crippen molar-refractivity contribution in [3.05, 3.63) is 102 Å². The standard InChI is InChI=1S/C32H30F4N8O2/c33-24-7-4-8-25(28(24)32(34,35)36)41-31(45)40-23-11-9-22(10-12-23)29-27-26(19-21-5-2-1-3-6-21)37-20-38-30(27)44(42-29)39-13-14-43-15-17-46-18-16-43/h1-12,20,39H,13-19H2,(H2,40,41,45). The lowest BCUT2D eigenvalue weighted by Crippen LogP contribution is -2.40. The van der Waals surface area contributed by atoms with E-state index < -0.39 is 29.3 Å². The van der Waals surface area contributed by atoms with Gasteiger partial charge in [-0.2, -0.15) is 18.0 Å². The number of urea groups is 1. The van der Waals surface area contributed by atoms with E-state index in [0.717, 1.165) is 48.4 Å². The van der Waals surface area contributed by atoms with Gasteiger partial charge in [0.05, 0.1) is 30.0 Å². The Kier molecular flexibility index (Phi) is 9.08. The number of anilines is 2. The number of benzene rings is 3. The third kappa shape index (κ3) is 7.08. The minimum absolute atomic E-state index is 0.305. The van der Waals surface area contributed by atoms with Gasteiger partial charge in [-0.15, -0.1) is 5.10 Å². The van der Waals surface area contributed by atoms with Crippen molar-refractivity contribution in [1.29, 1.82) is 0 Å². The molecule has 1 saturated heterocycles. The SMILES string of the molecule is O=C(Nc1ccc(-c2nn(NCCN3CCOCC3)c3ncnc(Cc4ccccc4)c23)cc1)Nc1cccc(F)c1C(F)(F)F. The highest BCUT2D eigenvalue weighted by atomic mass is 19.4. The molecule has 3 N–H and O–H groups in total. The van der Waals surface area contributed by atoms with Crippen LogP contribution < -0.4 is 16.1 Å². The van der Waals surface area contributed by atoms with Crippen LogP contribution in [0.3, 0.4) is 0 Å². The van der Waals surface area contributed by atoms with Crippen molar-refractivity contribution in [2.75, 3.05) is 55.5 Å². The average Bonchev–Trinajstić information content (AvgIpc) is 3.41. The van der Waals surface area contributed by atoms with Crippen LogP contribution in [0.25, 0.3) is 22.3 Å². The molecule has 1 aliphatic heterocycles. The normalized spacial score (nSPS) is 13.9. The van der Waals surface area contributed by atoms with Gasteiger partial charge in [0.2, 0.25) is 0 Å². The van der Waals surface area contributed by atoms with E-state index in [1.807, 2.05) is 30.3 Å². The summed E-state index contributed by atoms with van der Waals surface area (Å²) in [6.45, 7) is 4.55. The maximum absolute atomic E-state index is 13.9. The zero-order valence-corrected chi connectivity index (χ0v) is 24.5. The van der Waals surface area contributed by atoms with E-state index in [2.05, 4.69) is 30.9 Å². The molecule has 1 fully saturated rings. The number of rotatable bonds is 9. The third-order valence-electron chi connectivity index (χ3n) is 7.51. The molecule has 46 heavy (non-hydrogen) atoms. The molecule has 0 spiro atoms. The fourth-order valence-corrected chi connectivity index (χ4v) is 5.30. The molecule has 0 saturated carbocycles. The molecule has 3 heterocycles. The van der Waals surface area contributed by atoms with Crippen molar-refractivity contribution >= 4 is 28.4 Å². The molecule has 10 nitrogen and oxygen atoms in total. The van der Waals surface area contributed by atoms with Crippen LogP contribution in [0.2, 0.25) is 0 Å². The van der Waals surface area contributed by atoms with Crippen molar-refractivity contribution in [2.24, 2.45) is 0 Å². The first-order valence-corrected chi connectivity index (χ1v) is 14.6.